The van der Waals surface area contributed by atoms with Gasteiger partial charge in [-0.25, -0.2) is 0 Å². The Balaban J connectivity index is 2.45. The van der Waals surface area contributed by atoms with Crippen LogP contribution < -0.4 is 10.5 Å². The van der Waals surface area contributed by atoms with E-state index in [9.17, 15) is 0 Å². The lowest BCUT2D eigenvalue weighted by Crippen LogP contribution is -2.14. The number of benzene rings is 2. The Morgan fingerprint density at radius 1 is 1.00 bits per heavy atom. The van der Waals surface area contributed by atoms with E-state index in [2.05, 4.69) is 61.0 Å². The van der Waals surface area contributed by atoms with Crippen molar-refractivity contribution in [3.63, 3.8) is 0 Å². The Hall–Kier alpha value is -1.32. The van der Waals surface area contributed by atoms with Gasteiger partial charge in [-0.3, -0.25) is 0 Å². The molecule has 2 nitrogen and oxygen atoms in total. The third-order valence-corrected chi connectivity index (χ3v) is 4.11. The molecule has 0 heterocycles. The molecule has 20 heavy (non-hydrogen) atoms. The first-order valence-electron chi connectivity index (χ1n) is 6.60. The van der Waals surface area contributed by atoms with E-state index < -0.39 is 0 Å². The molecular formula is C17H20BrNO. The van der Waals surface area contributed by atoms with Gasteiger partial charge in [0.1, 0.15) is 5.75 Å². The average Bonchev–Trinajstić information content (AvgIpc) is 2.37. The summed E-state index contributed by atoms with van der Waals surface area (Å²) >= 11 is 3.49. The van der Waals surface area contributed by atoms with Crippen molar-refractivity contribution >= 4 is 15.9 Å². The minimum Gasteiger partial charge on any atom is -0.496 e. The van der Waals surface area contributed by atoms with Crippen molar-refractivity contribution in [2.24, 2.45) is 5.73 Å². The average molecular weight is 334 g/mol. The first kappa shape index (κ1) is 15.1. The standard InChI is InChI=1S/C17H20BrNO/c1-10-9-14(18)5-6-15(10)16(19)13-7-11(2)17(20-4)12(3)8-13/h5-9,16H,19H2,1-4H3. The van der Waals surface area contributed by atoms with Gasteiger partial charge in [0.15, 0.2) is 0 Å². The van der Waals surface area contributed by atoms with Crippen molar-refractivity contribution < 1.29 is 4.74 Å². The van der Waals surface area contributed by atoms with Crippen molar-refractivity contribution in [3.05, 3.63) is 62.6 Å². The molecule has 0 aliphatic carbocycles. The molecule has 0 aliphatic rings. The van der Waals surface area contributed by atoms with Crippen LogP contribution in [0.15, 0.2) is 34.8 Å². The van der Waals surface area contributed by atoms with E-state index >= 15 is 0 Å². The summed E-state index contributed by atoms with van der Waals surface area (Å²) in [5.74, 6) is 0.938. The van der Waals surface area contributed by atoms with Gasteiger partial charge in [-0.1, -0.05) is 34.1 Å². The normalized spacial score (nSPS) is 12.3. The molecule has 0 fully saturated rings. The summed E-state index contributed by atoms with van der Waals surface area (Å²) in [5, 5.41) is 0. The highest BCUT2D eigenvalue weighted by Crippen LogP contribution is 2.30. The van der Waals surface area contributed by atoms with Gasteiger partial charge in [0.05, 0.1) is 13.2 Å². The Morgan fingerprint density at radius 2 is 1.60 bits per heavy atom. The minimum absolute atomic E-state index is 0.119. The number of aryl methyl sites for hydroxylation is 3. The van der Waals surface area contributed by atoms with Crippen LogP contribution in [0.5, 0.6) is 5.75 Å². The highest BCUT2D eigenvalue weighted by molar-refractivity contribution is 9.10. The summed E-state index contributed by atoms with van der Waals surface area (Å²) in [6.07, 6.45) is 0. The van der Waals surface area contributed by atoms with Crippen molar-refractivity contribution in [1.82, 2.24) is 0 Å². The zero-order chi connectivity index (χ0) is 14.9. The fourth-order valence-corrected chi connectivity index (χ4v) is 3.13. The molecule has 2 rings (SSSR count). The van der Waals surface area contributed by atoms with Gasteiger partial charge in [0, 0.05) is 4.47 Å². The van der Waals surface area contributed by atoms with E-state index in [-0.39, 0.29) is 6.04 Å². The predicted molar refractivity (Wildman–Crippen MR) is 87.4 cm³/mol. The molecule has 2 aromatic carbocycles. The first-order valence-corrected chi connectivity index (χ1v) is 7.40. The Labute approximate surface area is 129 Å². The molecule has 106 valence electrons. The largest absolute Gasteiger partial charge is 0.496 e. The molecule has 0 amide bonds. The molecule has 0 saturated carbocycles. The molecule has 0 bridgehead atoms. The van der Waals surface area contributed by atoms with Crippen LogP contribution >= 0.6 is 15.9 Å². The Bertz CT molecular complexity index is 614. The van der Waals surface area contributed by atoms with Gasteiger partial charge in [0.25, 0.3) is 0 Å². The van der Waals surface area contributed by atoms with Crippen LogP contribution in [-0.2, 0) is 0 Å². The van der Waals surface area contributed by atoms with E-state index in [0.717, 1.165) is 32.5 Å². The molecular weight excluding hydrogens is 314 g/mol. The van der Waals surface area contributed by atoms with Gasteiger partial charge in [-0.05, 0) is 60.7 Å². The van der Waals surface area contributed by atoms with E-state index in [1.807, 2.05) is 6.07 Å². The summed E-state index contributed by atoms with van der Waals surface area (Å²) in [6, 6.07) is 10.3. The number of halogens is 1. The maximum absolute atomic E-state index is 6.44. The topological polar surface area (TPSA) is 35.2 Å². The van der Waals surface area contributed by atoms with E-state index in [1.165, 1.54) is 5.56 Å². The SMILES string of the molecule is COc1c(C)cc(C(N)c2ccc(Br)cc2C)cc1C. The summed E-state index contributed by atoms with van der Waals surface area (Å²) in [6.45, 7) is 6.19. The number of rotatable bonds is 3. The summed E-state index contributed by atoms with van der Waals surface area (Å²) in [5.41, 5.74) is 12.1. The van der Waals surface area contributed by atoms with Crippen LogP contribution in [0.25, 0.3) is 0 Å². The van der Waals surface area contributed by atoms with Crippen molar-refractivity contribution in [3.8, 4) is 5.75 Å². The van der Waals surface area contributed by atoms with Crippen LogP contribution in [0.3, 0.4) is 0 Å². The minimum atomic E-state index is -0.119. The quantitative estimate of drug-likeness (QED) is 0.901. The van der Waals surface area contributed by atoms with Crippen LogP contribution in [0.4, 0.5) is 0 Å². The Morgan fingerprint density at radius 3 is 2.10 bits per heavy atom. The number of nitrogens with two attached hydrogens (primary N) is 1. The third kappa shape index (κ3) is 2.89. The predicted octanol–water partition coefficient (Wildman–Crippen LogP) is 4.43. The van der Waals surface area contributed by atoms with Crippen LogP contribution in [0.2, 0.25) is 0 Å². The van der Waals surface area contributed by atoms with Crippen molar-refractivity contribution in [1.29, 1.82) is 0 Å². The molecule has 2 aromatic rings. The van der Waals surface area contributed by atoms with Gasteiger partial charge in [0.2, 0.25) is 0 Å². The second-order valence-corrected chi connectivity index (χ2v) is 6.08. The third-order valence-electron chi connectivity index (χ3n) is 3.61. The summed E-state index contributed by atoms with van der Waals surface area (Å²) in [7, 11) is 1.70. The zero-order valence-electron chi connectivity index (χ0n) is 12.3. The molecule has 0 radical (unpaired) electrons. The summed E-state index contributed by atoms with van der Waals surface area (Å²) < 4.78 is 6.49. The zero-order valence-corrected chi connectivity index (χ0v) is 13.9. The fourth-order valence-electron chi connectivity index (χ4n) is 2.65. The van der Waals surface area contributed by atoms with Gasteiger partial charge in [-0.15, -0.1) is 0 Å². The van der Waals surface area contributed by atoms with Crippen molar-refractivity contribution in [2.45, 2.75) is 26.8 Å². The fraction of sp³-hybridized carbons (Fsp3) is 0.294. The van der Waals surface area contributed by atoms with Crippen LogP contribution in [0.1, 0.15) is 33.9 Å². The summed E-state index contributed by atoms with van der Waals surface area (Å²) in [4.78, 5) is 0. The molecule has 1 atom stereocenters. The monoisotopic (exact) mass is 333 g/mol. The van der Waals surface area contributed by atoms with E-state index in [0.29, 0.717) is 0 Å². The second kappa shape index (κ2) is 5.98. The number of methoxy groups -OCH3 is 1. The highest BCUT2D eigenvalue weighted by Gasteiger charge is 2.14. The lowest BCUT2D eigenvalue weighted by molar-refractivity contribution is 0.408. The maximum Gasteiger partial charge on any atom is 0.124 e. The second-order valence-electron chi connectivity index (χ2n) is 5.17. The van der Waals surface area contributed by atoms with E-state index in [1.54, 1.807) is 7.11 Å². The smallest absolute Gasteiger partial charge is 0.124 e. The molecule has 2 N–H and O–H groups in total. The van der Waals surface area contributed by atoms with Gasteiger partial charge in [-0.2, -0.15) is 0 Å². The highest BCUT2D eigenvalue weighted by atomic mass is 79.9. The van der Waals surface area contributed by atoms with Gasteiger partial charge < -0.3 is 10.5 Å². The molecule has 1 unspecified atom stereocenters. The molecule has 0 aromatic heterocycles. The molecule has 0 saturated heterocycles. The van der Waals surface area contributed by atoms with E-state index in [4.69, 9.17) is 10.5 Å². The van der Waals surface area contributed by atoms with Crippen LogP contribution in [0, 0.1) is 20.8 Å². The van der Waals surface area contributed by atoms with Crippen LogP contribution in [-0.4, -0.2) is 7.11 Å². The van der Waals surface area contributed by atoms with Gasteiger partial charge >= 0.3 is 0 Å². The van der Waals surface area contributed by atoms with Crippen molar-refractivity contribution in [2.75, 3.05) is 7.11 Å². The lowest BCUT2D eigenvalue weighted by atomic mass is 9.93. The Kier molecular flexibility index (Phi) is 4.51. The first-order chi connectivity index (χ1) is 9.43. The number of hydrogen-bond donors (Lipinski definition) is 1. The maximum atomic E-state index is 6.44. The molecule has 0 aliphatic heterocycles. The molecule has 3 heteroatoms. The number of hydrogen-bond acceptors (Lipinski definition) is 2. The number of ether oxygens (including phenoxy) is 1. The molecule has 0 spiro atoms. The lowest BCUT2D eigenvalue weighted by Gasteiger charge is -2.18.